The minimum absolute atomic E-state index is 0.0457. The van der Waals surface area contributed by atoms with E-state index in [1.54, 1.807) is 18.2 Å². The van der Waals surface area contributed by atoms with Crippen molar-refractivity contribution in [3.05, 3.63) is 87.0 Å². The molecule has 4 atom stereocenters. The monoisotopic (exact) mass is 533 g/mol. The predicted octanol–water partition coefficient (Wildman–Crippen LogP) is 5.68. The molecule has 1 saturated heterocycles. The molecule has 0 bridgehead atoms. The summed E-state index contributed by atoms with van der Waals surface area (Å²) in [7, 11) is 0. The molecule has 2 aromatic rings. The van der Waals surface area contributed by atoms with Gasteiger partial charge in [-0.2, -0.15) is 0 Å². The first-order chi connectivity index (χ1) is 14.8. The number of anilines is 1. The Kier molecular flexibility index (Phi) is 6.48. The van der Waals surface area contributed by atoms with Crippen molar-refractivity contribution in [3.63, 3.8) is 0 Å². The number of nitrogens with zero attached hydrogens (tertiary/aromatic N) is 1. The summed E-state index contributed by atoms with van der Waals surface area (Å²) in [6.07, 6.45) is 4.41. The molecule has 31 heavy (non-hydrogen) atoms. The molecule has 4 nitrogen and oxygen atoms in total. The summed E-state index contributed by atoms with van der Waals surface area (Å²) in [6, 6.07) is 13.6. The zero-order chi connectivity index (χ0) is 22.1. The fourth-order valence-corrected chi connectivity index (χ4v) is 4.90. The lowest BCUT2D eigenvalue weighted by molar-refractivity contribution is -0.130. The lowest BCUT2D eigenvalue weighted by Crippen LogP contribution is -2.62. The number of halogens is 2. The number of aliphatic hydroxyl groups is 2. The van der Waals surface area contributed by atoms with E-state index in [2.05, 4.69) is 29.5 Å². The SMILES string of the molecule is CC1CC(O)=CC=C1[C@@H]1C(CC[C@H](O)c2ccc(F)cc2)C(=O)N1c1ccc(I)cc1. The van der Waals surface area contributed by atoms with Crippen molar-refractivity contribution in [2.24, 2.45) is 11.8 Å². The van der Waals surface area contributed by atoms with Gasteiger partial charge in [-0.3, -0.25) is 4.79 Å². The van der Waals surface area contributed by atoms with Crippen LogP contribution in [0.3, 0.4) is 0 Å². The number of rotatable bonds is 6. The Labute approximate surface area is 195 Å². The fraction of sp³-hybridized carbons (Fsp3) is 0.320. The van der Waals surface area contributed by atoms with E-state index in [9.17, 15) is 19.4 Å². The fourth-order valence-electron chi connectivity index (χ4n) is 4.54. The van der Waals surface area contributed by atoms with Crippen LogP contribution in [0, 0.1) is 21.2 Å². The first-order valence-electron chi connectivity index (χ1n) is 10.5. The van der Waals surface area contributed by atoms with E-state index < -0.39 is 6.10 Å². The summed E-state index contributed by atoms with van der Waals surface area (Å²) in [5, 5.41) is 20.5. The molecule has 2 unspecified atom stereocenters. The molecule has 2 N–H and O–H groups in total. The van der Waals surface area contributed by atoms with Gasteiger partial charge in [-0.1, -0.05) is 25.1 Å². The van der Waals surface area contributed by atoms with Crippen LogP contribution in [-0.2, 0) is 4.79 Å². The number of amides is 1. The van der Waals surface area contributed by atoms with Crippen LogP contribution in [0.4, 0.5) is 10.1 Å². The maximum absolute atomic E-state index is 13.2. The van der Waals surface area contributed by atoms with E-state index in [4.69, 9.17) is 0 Å². The molecule has 1 amide bonds. The van der Waals surface area contributed by atoms with Gasteiger partial charge in [0, 0.05) is 15.7 Å². The molecule has 1 heterocycles. The van der Waals surface area contributed by atoms with Gasteiger partial charge in [0.15, 0.2) is 0 Å². The van der Waals surface area contributed by atoms with Gasteiger partial charge in [0.2, 0.25) is 5.91 Å². The lowest BCUT2D eigenvalue weighted by atomic mass is 9.73. The summed E-state index contributed by atoms with van der Waals surface area (Å²) in [5.41, 5.74) is 2.63. The van der Waals surface area contributed by atoms with E-state index >= 15 is 0 Å². The number of carbonyl (C=O) groups excluding carboxylic acids is 1. The van der Waals surface area contributed by atoms with Crippen LogP contribution in [0.1, 0.15) is 37.9 Å². The van der Waals surface area contributed by atoms with Crippen LogP contribution >= 0.6 is 22.6 Å². The van der Waals surface area contributed by atoms with Crippen LogP contribution in [0.15, 0.2) is 72.0 Å². The summed E-state index contributed by atoms with van der Waals surface area (Å²) < 4.78 is 14.3. The van der Waals surface area contributed by atoms with E-state index in [1.165, 1.54) is 12.1 Å². The maximum atomic E-state index is 13.2. The number of benzene rings is 2. The van der Waals surface area contributed by atoms with Crippen molar-refractivity contribution in [1.82, 2.24) is 0 Å². The molecule has 0 aromatic heterocycles. The van der Waals surface area contributed by atoms with E-state index in [0.29, 0.717) is 30.6 Å². The summed E-state index contributed by atoms with van der Waals surface area (Å²) in [5.74, 6) is -0.0565. The number of allylic oxidation sites excluding steroid dienone is 3. The minimum Gasteiger partial charge on any atom is -0.512 e. The molecule has 4 rings (SSSR count). The highest BCUT2D eigenvalue weighted by Crippen LogP contribution is 2.44. The van der Waals surface area contributed by atoms with Gasteiger partial charge in [0.05, 0.1) is 23.8 Å². The van der Waals surface area contributed by atoms with Gasteiger partial charge >= 0.3 is 0 Å². The second-order valence-electron chi connectivity index (χ2n) is 8.31. The first kappa shape index (κ1) is 22.0. The molecule has 2 aliphatic rings. The number of hydrogen-bond acceptors (Lipinski definition) is 3. The quantitative estimate of drug-likeness (QED) is 0.371. The number of hydrogen-bond donors (Lipinski definition) is 2. The Morgan fingerprint density at radius 3 is 2.45 bits per heavy atom. The van der Waals surface area contributed by atoms with Crippen molar-refractivity contribution in [2.75, 3.05) is 4.90 Å². The third kappa shape index (κ3) is 4.55. The average Bonchev–Trinajstić information content (AvgIpc) is 2.74. The minimum atomic E-state index is -0.747. The summed E-state index contributed by atoms with van der Waals surface area (Å²) in [4.78, 5) is 15.0. The number of carbonyl (C=O) groups is 1. The Bertz CT molecular complexity index is 1020. The largest absolute Gasteiger partial charge is 0.512 e. The van der Waals surface area contributed by atoms with E-state index in [1.807, 2.05) is 35.2 Å². The van der Waals surface area contributed by atoms with Gasteiger partial charge in [0.25, 0.3) is 0 Å². The van der Waals surface area contributed by atoms with Crippen molar-refractivity contribution in [1.29, 1.82) is 0 Å². The normalized spacial score (nSPS) is 24.3. The van der Waals surface area contributed by atoms with Crippen LogP contribution in [0.2, 0.25) is 0 Å². The molecule has 1 aliphatic carbocycles. The molecule has 0 spiro atoms. The molecule has 0 radical (unpaired) electrons. The Morgan fingerprint density at radius 2 is 1.81 bits per heavy atom. The van der Waals surface area contributed by atoms with Crippen molar-refractivity contribution >= 4 is 34.2 Å². The third-order valence-electron chi connectivity index (χ3n) is 6.22. The van der Waals surface area contributed by atoms with Crippen LogP contribution in [0.25, 0.3) is 0 Å². The van der Waals surface area contributed by atoms with Gasteiger partial charge in [-0.25, -0.2) is 4.39 Å². The van der Waals surface area contributed by atoms with Gasteiger partial charge in [-0.05, 0) is 95.0 Å². The molecule has 162 valence electrons. The van der Waals surface area contributed by atoms with Gasteiger partial charge < -0.3 is 15.1 Å². The van der Waals surface area contributed by atoms with Gasteiger partial charge in [-0.15, -0.1) is 0 Å². The van der Waals surface area contributed by atoms with Crippen molar-refractivity contribution < 1.29 is 19.4 Å². The average molecular weight is 533 g/mol. The predicted molar refractivity (Wildman–Crippen MR) is 127 cm³/mol. The molecule has 2 aromatic carbocycles. The maximum Gasteiger partial charge on any atom is 0.233 e. The highest BCUT2D eigenvalue weighted by Gasteiger charge is 2.50. The van der Waals surface area contributed by atoms with E-state index in [-0.39, 0.29) is 29.6 Å². The third-order valence-corrected chi connectivity index (χ3v) is 6.94. The summed E-state index contributed by atoms with van der Waals surface area (Å²) >= 11 is 2.24. The zero-order valence-electron chi connectivity index (χ0n) is 17.2. The smallest absolute Gasteiger partial charge is 0.233 e. The highest BCUT2D eigenvalue weighted by atomic mass is 127. The van der Waals surface area contributed by atoms with Crippen LogP contribution in [0.5, 0.6) is 0 Å². The Balaban J connectivity index is 1.56. The van der Waals surface area contributed by atoms with E-state index in [0.717, 1.165) is 14.8 Å². The number of β-lactam (4-membered cyclic amide) rings is 1. The Morgan fingerprint density at radius 1 is 1.13 bits per heavy atom. The summed E-state index contributed by atoms with van der Waals surface area (Å²) in [6.45, 7) is 2.06. The van der Waals surface area contributed by atoms with Crippen LogP contribution in [-0.4, -0.2) is 22.2 Å². The Hall–Kier alpha value is -2.19. The van der Waals surface area contributed by atoms with Gasteiger partial charge in [0.1, 0.15) is 5.82 Å². The molecule has 6 heteroatoms. The topological polar surface area (TPSA) is 60.8 Å². The second-order valence-corrected chi connectivity index (χ2v) is 9.56. The lowest BCUT2D eigenvalue weighted by Gasteiger charge is -2.50. The molecular formula is C25H25FINO3. The second kappa shape index (κ2) is 9.12. The molecule has 1 aliphatic heterocycles. The molecular weight excluding hydrogens is 508 g/mol. The van der Waals surface area contributed by atoms with Crippen molar-refractivity contribution in [2.45, 2.75) is 38.3 Å². The first-order valence-corrected chi connectivity index (χ1v) is 11.5. The van der Waals surface area contributed by atoms with Crippen molar-refractivity contribution in [3.8, 4) is 0 Å². The number of aliphatic hydroxyl groups excluding tert-OH is 2. The highest BCUT2D eigenvalue weighted by molar-refractivity contribution is 14.1. The molecule has 0 saturated carbocycles. The van der Waals surface area contributed by atoms with Crippen LogP contribution < -0.4 is 4.90 Å². The standard InChI is InChI=1S/C25H25FINO3/c1-15-14-20(29)10-11-21(15)24-22(12-13-23(30)16-2-4-17(26)5-3-16)25(31)28(24)19-8-6-18(27)7-9-19/h2-11,15,22-24,29-30H,12-14H2,1H3/t15?,22?,23-,24+/m0/s1. The zero-order valence-corrected chi connectivity index (χ0v) is 19.4. The molecule has 1 fully saturated rings.